The molecule has 0 aromatic heterocycles. The molecule has 4 heteroatoms. The largest absolute Gasteiger partial charge is 0.496 e. The Morgan fingerprint density at radius 3 is 2.58 bits per heavy atom. The topological polar surface area (TPSA) is 52.3 Å². The highest BCUT2D eigenvalue weighted by molar-refractivity contribution is 6.11. The summed E-state index contributed by atoms with van der Waals surface area (Å²) in [4.78, 5) is 12.4. The van der Waals surface area contributed by atoms with Gasteiger partial charge in [0.1, 0.15) is 11.6 Å². The van der Waals surface area contributed by atoms with Crippen LogP contribution in [0.1, 0.15) is 21.5 Å². The molecule has 0 heterocycles. The van der Waals surface area contributed by atoms with Crippen molar-refractivity contribution in [1.29, 1.82) is 0 Å². The fourth-order valence-corrected chi connectivity index (χ4v) is 1.84. The number of nitrogen functional groups attached to an aromatic ring is 1. The summed E-state index contributed by atoms with van der Waals surface area (Å²) in [5, 5.41) is 0. The highest BCUT2D eigenvalue weighted by Gasteiger charge is 2.15. The van der Waals surface area contributed by atoms with E-state index in [0.29, 0.717) is 16.9 Å². The van der Waals surface area contributed by atoms with Gasteiger partial charge >= 0.3 is 0 Å². The third-order valence-electron chi connectivity index (χ3n) is 2.86. The van der Waals surface area contributed by atoms with E-state index in [2.05, 4.69) is 0 Å². The Morgan fingerprint density at radius 1 is 1.21 bits per heavy atom. The normalized spacial score (nSPS) is 10.3. The molecule has 0 fully saturated rings. The highest BCUT2D eigenvalue weighted by atomic mass is 19.1. The lowest BCUT2D eigenvalue weighted by molar-refractivity contribution is 0.103. The van der Waals surface area contributed by atoms with Gasteiger partial charge in [0.05, 0.1) is 18.4 Å². The van der Waals surface area contributed by atoms with Gasteiger partial charge in [-0.2, -0.15) is 0 Å². The van der Waals surface area contributed by atoms with Crippen molar-refractivity contribution < 1.29 is 13.9 Å². The minimum absolute atomic E-state index is 0.0440. The van der Waals surface area contributed by atoms with Crippen molar-refractivity contribution in [3.8, 4) is 5.75 Å². The SMILES string of the molecule is COc1ccc(C)cc1C(=O)c1ccc(F)c(N)c1. The first-order chi connectivity index (χ1) is 9.02. The third kappa shape index (κ3) is 2.57. The van der Waals surface area contributed by atoms with Gasteiger partial charge in [-0.05, 0) is 37.3 Å². The van der Waals surface area contributed by atoms with Crippen molar-refractivity contribution in [2.24, 2.45) is 0 Å². The lowest BCUT2D eigenvalue weighted by Gasteiger charge is -2.09. The van der Waals surface area contributed by atoms with Gasteiger partial charge in [0, 0.05) is 5.56 Å². The van der Waals surface area contributed by atoms with Gasteiger partial charge in [0.25, 0.3) is 0 Å². The van der Waals surface area contributed by atoms with Crippen LogP contribution in [-0.4, -0.2) is 12.9 Å². The van der Waals surface area contributed by atoms with Gasteiger partial charge in [0.15, 0.2) is 5.78 Å². The van der Waals surface area contributed by atoms with Crippen LogP contribution in [-0.2, 0) is 0 Å². The molecular weight excluding hydrogens is 245 g/mol. The Balaban J connectivity index is 2.49. The first-order valence-corrected chi connectivity index (χ1v) is 5.77. The van der Waals surface area contributed by atoms with E-state index >= 15 is 0 Å². The monoisotopic (exact) mass is 259 g/mol. The molecule has 98 valence electrons. The average Bonchev–Trinajstić information content (AvgIpc) is 2.41. The number of aryl methyl sites for hydroxylation is 1. The summed E-state index contributed by atoms with van der Waals surface area (Å²) in [6.07, 6.45) is 0. The summed E-state index contributed by atoms with van der Waals surface area (Å²) in [5.74, 6) is -0.293. The summed E-state index contributed by atoms with van der Waals surface area (Å²) < 4.78 is 18.3. The highest BCUT2D eigenvalue weighted by Crippen LogP contribution is 2.24. The molecule has 0 aliphatic heterocycles. The zero-order valence-corrected chi connectivity index (χ0v) is 10.7. The molecule has 2 aromatic rings. The number of nitrogens with two attached hydrogens (primary N) is 1. The minimum atomic E-state index is -0.534. The third-order valence-corrected chi connectivity index (χ3v) is 2.86. The molecule has 0 radical (unpaired) electrons. The van der Waals surface area contributed by atoms with Crippen LogP contribution < -0.4 is 10.5 Å². The van der Waals surface area contributed by atoms with E-state index in [9.17, 15) is 9.18 Å². The van der Waals surface area contributed by atoms with Crippen LogP contribution in [0.2, 0.25) is 0 Å². The minimum Gasteiger partial charge on any atom is -0.496 e. The van der Waals surface area contributed by atoms with Crippen LogP contribution in [0.25, 0.3) is 0 Å². The van der Waals surface area contributed by atoms with Crippen LogP contribution >= 0.6 is 0 Å². The van der Waals surface area contributed by atoms with E-state index in [1.54, 1.807) is 12.1 Å². The molecule has 2 N–H and O–H groups in total. The number of halogens is 1. The van der Waals surface area contributed by atoms with Crippen molar-refractivity contribution >= 4 is 11.5 Å². The van der Waals surface area contributed by atoms with E-state index in [0.717, 1.165) is 5.56 Å². The molecule has 0 aliphatic rings. The quantitative estimate of drug-likeness (QED) is 0.681. The van der Waals surface area contributed by atoms with Crippen LogP contribution in [0.5, 0.6) is 5.75 Å². The molecule has 19 heavy (non-hydrogen) atoms. The van der Waals surface area contributed by atoms with Crippen molar-refractivity contribution in [3.05, 3.63) is 58.9 Å². The Labute approximate surface area is 110 Å². The van der Waals surface area contributed by atoms with Gasteiger partial charge in [-0.3, -0.25) is 4.79 Å². The second-order valence-corrected chi connectivity index (χ2v) is 4.27. The van der Waals surface area contributed by atoms with Gasteiger partial charge in [-0.25, -0.2) is 4.39 Å². The molecule has 2 aromatic carbocycles. The zero-order chi connectivity index (χ0) is 14.0. The molecule has 2 rings (SSSR count). The second kappa shape index (κ2) is 5.10. The fraction of sp³-hybridized carbons (Fsp3) is 0.133. The number of anilines is 1. The van der Waals surface area contributed by atoms with Gasteiger partial charge in [0.2, 0.25) is 0 Å². The summed E-state index contributed by atoms with van der Waals surface area (Å²) in [7, 11) is 1.50. The van der Waals surface area contributed by atoms with Crippen molar-refractivity contribution in [1.82, 2.24) is 0 Å². The maximum absolute atomic E-state index is 13.1. The van der Waals surface area contributed by atoms with Crippen LogP contribution in [0.4, 0.5) is 10.1 Å². The maximum Gasteiger partial charge on any atom is 0.196 e. The smallest absolute Gasteiger partial charge is 0.196 e. The number of methoxy groups -OCH3 is 1. The first-order valence-electron chi connectivity index (χ1n) is 5.77. The van der Waals surface area contributed by atoms with Gasteiger partial charge in [-0.15, -0.1) is 0 Å². The van der Waals surface area contributed by atoms with E-state index < -0.39 is 5.82 Å². The lowest BCUT2D eigenvalue weighted by atomic mass is 10.00. The fourth-order valence-electron chi connectivity index (χ4n) is 1.84. The number of ether oxygens (including phenoxy) is 1. The number of rotatable bonds is 3. The number of carbonyl (C=O) groups excluding carboxylic acids is 1. The van der Waals surface area contributed by atoms with Gasteiger partial charge in [-0.1, -0.05) is 11.6 Å². The molecular formula is C15H14FNO2. The summed E-state index contributed by atoms with van der Waals surface area (Å²) in [6.45, 7) is 1.88. The number of hydrogen-bond donors (Lipinski definition) is 1. The summed E-state index contributed by atoms with van der Waals surface area (Å²) >= 11 is 0. The Morgan fingerprint density at radius 2 is 1.95 bits per heavy atom. The van der Waals surface area contributed by atoms with Crippen molar-refractivity contribution in [2.45, 2.75) is 6.92 Å². The standard InChI is InChI=1S/C15H14FNO2/c1-9-3-6-14(19-2)11(7-9)15(18)10-4-5-12(16)13(17)8-10/h3-8H,17H2,1-2H3. The predicted molar refractivity (Wildman–Crippen MR) is 72.0 cm³/mol. The lowest BCUT2D eigenvalue weighted by Crippen LogP contribution is -2.05. The van der Waals surface area contributed by atoms with E-state index in [4.69, 9.17) is 10.5 Å². The summed E-state index contributed by atoms with van der Waals surface area (Å²) in [5.41, 5.74) is 7.15. The molecule has 0 amide bonds. The van der Waals surface area contributed by atoms with E-state index in [1.165, 1.54) is 25.3 Å². The second-order valence-electron chi connectivity index (χ2n) is 4.27. The maximum atomic E-state index is 13.1. The van der Waals surface area contributed by atoms with Crippen molar-refractivity contribution in [3.63, 3.8) is 0 Å². The summed E-state index contributed by atoms with van der Waals surface area (Å²) in [6, 6.07) is 9.25. The first kappa shape index (κ1) is 13.1. The number of carbonyl (C=O) groups is 1. The molecule has 3 nitrogen and oxygen atoms in total. The van der Waals surface area contributed by atoms with Gasteiger partial charge < -0.3 is 10.5 Å². The Bertz CT molecular complexity index is 638. The van der Waals surface area contributed by atoms with Crippen LogP contribution in [0, 0.1) is 12.7 Å². The Hall–Kier alpha value is -2.36. The number of hydrogen-bond acceptors (Lipinski definition) is 3. The predicted octanol–water partition coefficient (Wildman–Crippen LogP) is 2.96. The molecule has 0 unspecified atom stereocenters. The van der Waals surface area contributed by atoms with E-state index in [1.807, 2.05) is 13.0 Å². The van der Waals surface area contributed by atoms with Crippen LogP contribution in [0.15, 0.2) is 36.4 Å². The zero-order valence-electron chi connectivity index (χ0n) is 10.7. The van der Waals surface area contributed by atoms with E-state index in [-0.39, 0.29) is 11.5 Å². The number of ketones is 1. The molecule has 0 aliphatic carbocycles. The molecule has 0 bridgehead atoms. The molecule has 0 saturated carbocycles. The average molecular weight is 259 g/mol. The molecule has 0 atom stereocenters. The van der Waals surface area contributed by atoms with Crippen molar-refractivity contribution in [2.75, 3.05) is 12.8 Å². The van der Waals surface area contributed by atoms with Crippen LogP contribution in [0.3, 0.4) is 0 Å². The number of benzene rings is 2. The Kier molecular flexibility index (Phi) is 3.51. The molecule has 0 spiro atoms. The molecule has 0 saturated heterocycles.